The van der Waals surface area contributed by atoms with Crippen molar-refractivity contribution in [3.8, 4) is 5.75 Å². The Morgan fingerprint density at radius 1 is 1.35 bits per heavy atom. The van der Waals surface area contributed by atoms with Gasteiger partial charge < -0.3 is 15.4 Å². The summed E-state index contributed by atoms with van der Waals surface area (Å²) in [4.78, 5) is 8.32. The van der Waals surface area contributed by atoms with Crippen LogP contribution in [-0.2, 0) is 0 Å². The van der Waals surface area contributed by atoms with E-state index in [-0.39, 0.29) is 24.0 Å². The van der Waals surface area contributed by atoms with Crippen molar-refractivity contribution in [2.45, 2.75) is 45.1 Å². The van der Waals surface area contributed by atoms with Crippen molar-refractivity contribution in [1.29, 1.82) is 0 Å². The van der Waals surface area contributed by atoms with Crippen LogP contribution in [0.15, 0.2) is 29.5 Å². The van der Waals surface area contributed by atoms with E-state index in [1.54, 1.807) is 12.4 Å². The van der Waals surface area contributed by atoms with Crippen molar-refractivity contribution in [1.82, 2.24) is 15.6 Å². The van der Waals surface area contributed by atoms with Gasteiger partial charge >= 0.3 is 0 Å². The molecule has 1 aromatic rings. The number of guanidine groups is 1. The maximum atomic E-state index is 5.61. The molecule has 0 unspecified atom stereocenters. The highest BCUT2D eigenvalue weighted by Gasteiger charge is 2.20. The number of aliphatic imine (C=N–C) groups is 1. The molecule has 1 fully saturated rings. The molecule has 0 amide bonds. The van der Waals surface area contributed by atoms with Crippen LogP contribution in [0.4, 0.5) is 0 Å². The van der Waals surface area contributed by atoms with E-state index in [9.17, 15) is 0 Å². The number of rotatable bonds is 6. The van der Waals surface area contributed by atoms with Crippen LogP contribution in [-0.4, -0.2) is 37.2 Å². The van der Waals surface area contributed by atoms with E-state index in [4.69, 9.17) is 4.74 Å². The topological polar surface area (TPSA) is 58.5 Å². The fourth-order valence-corrected chi connectivity index (χ4v) is 2.87. The first kappa shape index (κ1) is 20.0. The van der Waals surface area contributed by atoms with Crippen molar-refractivity contribution >= 4 is 29.9 Å². The van der Waals surface area contributed by atoms with E-state index < -0.39 is 0 Å². The molecule has 0 atom stereocenters. The van der Waals surface area contributed by atoms with Crippen molar-refractivity contribution in [2.75, 3.05) is 20.2 Å². The molecule has 1 aliphatic carbocycles. The second-order valence-electron chi connectivity index (χ2n) is 5.81. The molecular weight excluding hydrogens is 403 g/mol. The van der Waals surface area contributed by atoms with Gasteiger partial charge in [0.25, 0.3) is 0 Å². The van der Waals surface area contributed by atoms with Crippen LogP contribution in [0.25, 0.3) is 0 Å². The SMILES string of the molecule is CCC1CCC(NC(=NC)NCCOc2cccnc2)CC1.I. The maximum Gasteiger partial charge on any atom is 0.191 e. The summed E-state index contributed by atoms with van der Waals surface area (Å²) in [6.45, 7) is 3.61. The van der Waals surface area contributed by atoms with Gasteiger partial charge in [0, 0.05) is 19.3 Å². The highest BCUT2D eigenvalue weighted by Crippen LogP contribution is 2.26. The Labute approximate surface area is 156 Å². The van der Waals surface area contributed by atoms with Gasteiger partial charge in [-0.2, -0.15) is 0 Å². The highest BCUT2D eigenvalue weighted by molar-refractivity contribution is 14.0. The van der Waals surface area contributed by atoms with Crippen LogP contribution in [0.1, 0.15) is 39.0 Å². The van der Waals surface area contributed by atoms with E-state index >= 15 is 0 Å². The van der Waals surface area contributed by atoms with E-state index in [1.165, 1.54) is 32.1 Å². The van der Waals surface area contributed by atoms with E-state index in [1.807, 2.05) is 19.2 Å². The zero-order chi connectivity index (χ0) is 15.6. The lowest BCUT2D eigenvalue weighted by Crippen LogP contribution is -2.45. The van der Waals surface area contributed by atoms with Gasteiger partial charge in [-0.15, -0.1) is 24.0 Å². The lowest BCUT2D eigenvalue weighted by atomic mass is 9.84. The Morgan fingerprint density at radius 3 is 2.74 bits per heavy atom. The van der Waals surface area contributed by atoms with Gasteiger partial charge in [0.05, 0.1) is 12.7 Å². The predicted molar refractivity (Wildman–Crippen MR) is 106 cm³/mol. The molecule has 1 aliphatic rings. The predicted octanol–water partition coefficient (Wildman–Crippen LogP) is 3.21. The minimum Gasteiger partial charge on any atom is -0.490 e. The van der Waals surface area contributed by atoms with Gasteiger partial charge in [-0.05, 0) is 43.7 Å². The molecule has 6 heteroatoms. The van der Waals surface area contributed by atoms with Gasteiger partial charge in [-0.3, -0.25) is 9.98 Å². The molecule has 0 aliphatic heterocycles. The van der Waals surface area contributed by atoms with Gasteiger partial charge in [-0.25, -0.2) is 0 Å². The molecule has 0 aromatic carbocycles. The number of halogens is 1. The molecule has 23 heavy (non-hydrogen) atoms. The number of nitrogens with zero attached hydrogens (tertiary/aromatic N) is 2. The third-order valence-corrected chi connectivity index (χ3v) is 4.29. The van der Waals surface area contributed by atoms with Crippen molar-refractivity contribution in [3.63, 3.8) is 0 Å². The lowest BCUT2D eigenvalue weighted by molar-refractivity contribution is 0.301. The summed E-state index contributed by atoms with van der Waals surface area (Å²) >= 11 is 0. The Bertz CT molecular complexity index is 447. The van der Waals surface area contributed by atoms with Crippen LogP contribution in [0.2, 0.25) is 0 Å². The normalized spacial score (nSPS) is 21.2. The largest absolute Gasteiger partial charge is 0.490 e. The Balaban J connectivity index is 0.00000264. The van der Waals surface area contributed by atoms with E-state index in [0.717, 1.165) is 24.2 Å². The number of hydrogen-bond donors (Lipinski definition) is 2. The van der Waals surface area contributed by atoms with Crippen LogP contribution in [0, 0.1) is 5.92 Å². The lowest BCUT2D eigenvalue weighted by Gasteiger charge is -2.29. The summed E-state index contributed by atoms with van der Waals surface area (Å²) in [5, 5.41) is 6.83. The van der Waals surface area contributed by atoms with Gasteiger partial charge in [0.2, 0.25) is 0 Å². The molecule has 2 rings (SSSR count). The Hall–Kier alpha value is -1.05. The molecule has 0 spiro atoms. The number of nitrogens with one attached hydrogen (secondary N) is 2. The average molecular weight is 432 g/mol. The summed E-state index contributed by atoms with van der Waals surface area (Å²) < 4.78 is 5.61. The number of hydrogen-bond acceptors (Lipinski definition) is 3. The third kappa shape index (κ3) is 7.37. The van der Waals surface area contributed by atoms with Gasteiger partial charge in [0.15, 0.2) is 5.96 Å². The number of pyridine rings is 1. The van der Waals surface area contributed by atoms with Crippen LogP contribution < -0.4 is 15.4 Å². The molecule has 1 aromatic heterocycles. The van der Waals surface area contributed by atoms with Gasteiger partial charge in [-0.1, -0.05) is 13.3 Å². The monoisotopic (exact) mass is 432 g/mol. The zero-order valence-corrected chi connectivity index (χ0v) is 16.5. The summed E-state index contributed by atoms with van der Waals surface area (Å²) in [5.74, 6) is 2.58. The zero-order valence-electron chi connectivity index (χ0n) is 14.1. The smallest absolute Gasteiger partial charge is 0.191 e. The Kier molecular flexibility index (Phi) is 9.98. The van der Waals surface area contributed by atoms with Crippen molar-refractivity contribution in [2.24, 2.45) is 10.9 Å². The van der Waals surface area contributed by atoms with Crippen LogP contribution in [0.5, 0.6) is 5.75 Å². The van der Waals surface area contributed by atoms with Gasteiger partial charge in [0.1, 0.15) is 12.4 Å². The maximum absolute atomic E-state index is 5.61. The molecule has 0 saturated heterocycles. The fourth-order valence-electron chi connectivity index (χ4n) is 2.87. The van der Waals surface area contributed by atoms with E-state index in [0.29, 0.717) is 12.6 Å². The first-order valence-electron chi connectivity index (χ1n) is 8.31. The Morgan fingerprint density at radius 2 is 2.13 bits per heavy atom. The van der Waals surface area contributed by atoms with Crippen LogP contribution in [0.3, 0.4) is 0 Å². The molecule has 130 valence electrons. The first-order valence-corrected chi connectivity index (χ1v) is 8.31. The second-order valence-corrected chi connectivity index (χ2v) is 5.81. The summed E-state index contributed by atoms with van der Waals surface area (Å²) in [7, 11) is 1.81. The number of aromatic nitrogens is 1. The standard InChI is InChI=1S/C17H28N4O.HI/c1-3-14-6-8-15(9-7-14)21-17(18-2)20-11-12-22-16-5-4-10-19-13-16;/h4-5,10,13-15H,3,6-9,11-12H2,1-2H3,(H2,18,20,21);1H. The summed E-state index contributed by atoms with van der Waals surface area (Å²) in [5.41, 5.74) is 0. The molecule has 1 saturated carbocycles. The minimum atomic E-state index is 0. The molecule has 2 N–H and O–H groups in total. The summed E-state index contributed by atoms with van der Waals surface area (Å²) in [6, 6.07) is 4.33. The van der Waals surface area contributed by atoms with E-state index in [2.05, 4.69) is 27.5 Å². The second kappa shape index (κ2) is 11.5. The molecule has 1 heterocycles. The highest BCUT2D eigenvalue weighted by atomic mass is 127. The molecule has 0 bridgehead atoms. The third-order valence-electron chi connectivity index (χ3n) is 4.29. The number of ether oxygens (including phenoxy) is 1. The average Bonchev–Trinajstić information content (AvgIpc) is 2.59. The first-order chi connectivity index (χ1) is 10.8. The quantitative estimate of drug-likeness (QED) is 0.314. The molecule has 5 nitrogen and oxygen atoms in total. The molecule has 0 radical (unpaired) electrons. The van der Waals surface area contributed by atoms with Crippen molar-refractivity contribution < 1.29 is 4.74 Å². The van der Waals surface area contributed by atoms with Crippen LogP contribution >= 0.6 is 24.0 Å². The summed E-state index contributed by atoms with van der Waals surface area (Å²) in [6.07, 6.45) is 9.91. The van der Waals surface area contributed by atoms with Crippen molar-refractivity contribution in [3.05, 3.63) is 24.5 Å². The fraction of sp³-hybridized carbons (Fsp3) is 0.647. The minimum absolute atomic E-state index is 0. The molecular formula is C17H29IN4O.